The Morgan fingerprint density at radius 3 is 2.60 bits per heavy atom. The van der Waals surface area contributed by atoms with Crippen molar-refractivity contribution in [1.29, 1.82) is 0 Å². The fourth-order valence-electron chi connectivity index (χ4n) is 4.55. The summed E-state index contributed by atoms with van der Waals surface area (Å²) < 4.78 is 5.62. The van der Waals surface area contributed by atoms with Crippen LogP contribution in [-0.2, 0) is 4.74 Å². The van der Waals surface area contributed by atoms with Crippen LogP contribution in [0.4, 0.5) is 21.9 Å². The molecule has 30 heavy (non-hydrogen) atoms. The van der Waals surface area contributed by atoms with E-state index in [1.54, 1.807) is 0 Å². The van der Waals surface area contributed by atoms with Crippen LogP contribution in [0.2, 0.25) is 0 Å². The molecule has 2 aromatic carbocycles. The van der Waals surface area contributed by atoms with E-state index in [1.165, 1.54) is 12.8 Å². The number of rotatable bonds is 7. The molecule has 2 aliphatic heterocycles. The van der Waals surface area contributed by atoms with E-state index in [2.05, 4.69) is 32.6 Å². The summed E-state index contributed by atoms with van der Waals surface area (Å²) in [6.45, 7) is 4.52. The maximum Gasteiger partial charge on any atom is 0.319 e. The Kier molecular flexibility index (Phi) is 6.87. The van der Waals surface area contributed by atoms with Crippen LogP contribution in [0.3, 0.4) is 0 Å². The van der Waals surface area contributed by atoms with Crippen LogP contribution in [-0.4, -0.2) is 56.9 Å². The Balaban J connectivity index is 1.40. The van der Waals surface area contributed by atoms with E-state index in [-0.39, 0.29) is 6.03 Å². The largest absolute Gasteiger partial charge is 0.381 e. The van der Waals surface area contributed by atoms with Gasteiger partial charge in [-0.15, -0.1) is 0 Å². The molecule has 2 N–H and O–H groups in total. The van der Waals surface area contributed by atoms with Gasteiger partial charge in [0.05, 0.1) is 18.0 Å². The first-order chi connectivity index (χ1) is 14.7. The summed E-state index contributed by atoms with van der Waals surface area (Å²) >= 11 is 0. The average molecular weight is 409 g/mol. The maximum atomic E-state index is 12.8. The van der Waals surface area contributed by atoms with Crippen LogP contribution in [0.25, 0.3) is 0 Å². The summed E-state index contributed by atoms with van der Waals surface area (Å²) in [5.74, 6) is 0.500. The minimum atomic E-state index is -0.160. The van der Waals surface area contributed by atoms with Crippen molar-refractivity contribution in [2.75, 3.05) is 50.1 Å². The Morgan fingerprint density at radius 2 is 1.87 bits per heavy atom. The maximum absolute atomic E-state index is 12.8. The zero-order chi connectivity index (χ0) is 20.8. The highest BCUT2D eigenvalue weighted by atomic mass is 16.5. The zero-order valence-electron chi connectivity index (χ0n) is 17.7. The number of urea groups is 1. The van der Waals surface area contributed by atoms with Gasteiger partial charge in [0.1, 0.15) is 0 Å². The van der Waals surface area contributed by atoms with Gasteiger partial charge >= 0.3 is 6.03 Å². The Labute approximate surface area is 179 Å². The molecule has 2 atom stereocenters. The van der Waals surface area contributed by atoms with Crippen molar-refractivity contribution in [2.24, 2.45) is 5.92 Å². The van der Waals surface area contributed by atoms with Crippen molar-refractivity contribution in [2.45, 2.75) is 25.3 Å². The average Bonchev–Trinajstić information content (AvgIpc) is 3.50. The molecule has 0 aromatic heterocycles. The summed E-state index contributed by atoms with van der Waals surface area (Å²) in [4.78, 5) is 17.4. The molecule has 0 spiro atoms. The number of nitrogens with zero attached hydrogens (tertiary/aromatic N) is 2. The molecule has 4 rings (SSSR count). The highest BCUT2D eigenvalue weighted by molar-refractivity contribution is 5.94. The van der Waals surface area contributed by atoms with Crippen molar-refractivity contribution >= 4 is 23.1 Å². The minimum Gasteiger partial charge on any atom is -0.381 e. The molecule has 0 aliphatic carbocycles. The van der Waals surface area contributed by atoms with Gasteiger partial charge < -0.3 is 20.3 Å². The molecular formula is C24H32N4O2. The number of benzene rings is 2. The first-order valence-corrected chi connectivity index (χ1v) is 11.0. The quantitative estimate of drug-likeness (QED) is 0.725. The molecule has 0 bridgehead atoms. The molecule has 0 saturated carbocycles. The lowest BCUT2D eigenvalue weighted by Gasteiger charge is -2.32. The van der Waals surface area contributed by atoms with Gasteiger partial charge in [0, 0.05) is 37.8 Å². The summed E-state index contributed by atoms with van der Waals surface area (Å²) in [5.41, 5.74) is 2.82. The van der Waals surface area contributed by atoms with Crippen molar-refractivity contribution in [1.82, 2.24) is 10.2 Å². The second-order valence-electron chi connectivity index (χ2n) is 8.18. The number of carbonyl (C=O) groups excluding carboxylic acids is 1. The van der Waals surface area contributed by atoms with Gasteiger partial charge in [0.2, 0.25) is 0 Å². The van der Waals surface area contributed by atoms with Crippen molar-refractivity contribution in [3.05, 3.63) is 54.6 Å². The molecule has 160 valence electrons. The Bertz CT molecular complexity index is 801. The molecular weight excluding hydrogens is 376 g/mol. The Morgan fingerprint density at radius 1 is 1.13 bits per heavy atom. The number of anilines is 3. The molecule has 2 heterocycles. The number of hydrogen-bond acceptors (Lipinski definition) is 4. The van der Waals surface area contributed by atoms with Crippen LogP contribution >= 0.6 is 0 Å². The number of carbonyl (C=O) groups is 1. The molecule has 0 unspecified atom stereocenters. The Hall–Kier alpha value is -2.57. The first-order valence-electron chi connectivity index (χ1n) is 11.0. The van der Waals surface area contributed by atoms with E-state index in [9.17, 15) is 4.79 Å². The van der Waals surface area contributed by atoms with E-state index < -0.39 is 0 Å². The smallest absolute Gasteiger partial charge is 0.319 e. The predicted molar refractivity (Wildman–Crippen MR) is 121 cm³/mol. The molecule has 0 radical (unpaired) electrons. The number of ether oxygens (including phenoxy) is 1. The molecule has 2 aromatic rings. The van der Waals surface area contributed by atoms with E-state index in [0.717, 1.165) is 49.8 Å². The number of para-hydroxylation sites is 3. The van der Waals surface area contributed by atoms with Gasteiger partial charge in [-0.3, -0.25) is 4.90 Å². The molecule has 2 fully saturated rings. The zero-order valence-corrected chi connectivity index (χ0v) is 17.7. The van der Waals surface area contributed by atoms with Crippen LogP contribution in [0, 0.1) is 5.92 Å². The topological polar surface area (TPSA) is 56.8 Å². The summed E-state index contributed by atoms with van der Waals surface area (Å²) in [6.07, 6.45) is 3.57. The van der Waals surface area contributed by atoms with Crippen LogP contribution in [0.15, 0.2) is 54.6 Å². The highest BCUT2D eigenvalue weighted by Crippen LogP contribution is 2.30. The number of hydrogen-bond donors (Lipinski definition) is 2. The number of amides is 2. The van der Waals surface area contributed by atoms with Crippen molar-refractivity contribution in [3.8, 4) is 0 Å². The van der Waals surface area contributed by atoms with Crippen LogP contribution in [0.1, 0.15) is 19.3 Å². The van der Waals surface area contributed by atoms with E-state index in [1.807, 2.05) is 49.5 Å². The lowest BCUT2D eigenvalue weighted by atomic mass is 9.97. The molecule has 6 nitrogen and oxygen atoms in total. The lowest BCUT2D eigenvalue weighted by molar-refractivity contribution is 0.135. The van der Waals surface area contributed by atoms with Crippen LogP contribution in [0.5, 0.6) is 0 Å². The normalized spacial score (nSPS) is 20.1. The third-order valence-corrected chi connectivity index (χ3v) is 6.25. The van der Waals surface area contributed by atoms with Crippen molar-refractivity contribution in [3.63, 3.8) is 0 Å². The summed E-state index contributed by atoms with van der Waals surface area (Å²) in [5, 5.41) is 6.18. The second kappa shape index (κ2) is 9.96. The van der Waals surface area contributed by atoms with Crippen molar-refractivity contribution < 1.29 is 9.53 Å². The third kappa shape index (κ3) is 4.94. The summed E-state index contributed by atoms with van der Waals surface area (Å²) in [7, 11) is 2.01. The minimum absolute atomic E-state index is 0.160. The van der Waals surface area contributed by atoms with E-state index >= 15 is 0 Å². The van der Waals surface area contributed by atoms with Crippen LogP contribution < -0.4 is 15.5 Å². The van der Waals surface area contributed by atoms with Gasteiger partial charge in [-0.1, -0.05) is 30.3 Å². The van der Waals surface area contributed by atoms with Gasteiger partial charge in [-0.2, -0.15) is 0 Å². The fraction of sp³-hybridized carbons (Fsp3) is 0.458. The highest BCUT2D eigenvalue weighted by Gasteiger charge is 2.32. The monoisotopic (exact) mass is 408 g/mol. The predicted octanol–water partition coefficient (Wildman–Crippen LogP) is 4.08. The molecule has 2 amide bonds. The van der Waals surface area contributed by atoms with E-state index in [4.69, 9.17) is 4.74 Å². The fourth-order valence-corrected chi connectivity index (χ4v) is 4.55. The molecule has 6 heteroatoms. The third-order valence-electron chi connectivity index (χ3n) is 6.25. The van der Waals surface area contributed by atoms with Gasteiger partial charge in [0.25, 0.3) is 0 Å². The lowest BCUT2D eigenvalue weighted by Crippen LogP contribution is -2.48. The number of likely N-dealkylation sites (tertiary alicyclic amines) is 1. The van der Waals surface area contributed by atoms with Gasteiger partial charge in [-0.25, -0.2) is 4.79 Å². The SMILES string of the molecule is CN(c1ccccc1)c1ccccc1NC(=O)NC[C@@H]([C@@H]1CCOC1)N1CCCC1. The standard InChI is InChI=1S/C24H32N4O2/c1-27(20-9-3-2-4-10-20)22-12-6-5-11-21(22)26-24(29)25-17-23(19-13-16-30-18-19)28-14-7-8-15-28/h2-6,9-12,19,23H,7-8,13-18H2,1H3,(H2,25,26,29)/t19-,23+/m1/s1. The van der Waals surface area contributed by atoms with Gasteiger partial charge in [-0.05, 0) is 56.6 Å². The van der Waals surface area contributed by atoms with E-state index in [0.29, 0.717) is 18.5 Å². The number of nitrogens with one attached hydrogen (secondary N) is 2. The molecule has 2 aliphatic rings. The first kappa shape index (κ1) is 20.7. The molecule has 2 saturated heterocycles. The van der Waals surface area contributed by atoms with Gasteiger partial charge in [0.15, 0.2) is 0 Å². The summed E-state index contributed by atoms with van der Waals surface area (Å²) in [6, 6.07) is 18.2. The second-order valence-corrected chi connectivity index (χ2v) is 8.18.